The van der Waals surface area contributed by atoms with E-state index in [0.717, 1.165) is 11.4 Å². The Morgan fingerprint density at radius 1 is 1.41 bits per heavy atom. The largest absolute Gasteiger partial charge is 0.494 e. The van der Waals surface area contributed by atoms with Gasteiger partial charge in [0.1, 0.15) is 5.75 Å². The SMILES string of the molecule is CCOc1ccc(NC(=O)N2CC(c3nc(C)no3)C2)cc1. The highest BCUT2D eigenvalue weighted by atomic mass is 16.5. The van der Waals surface area contributed by atoms with Gasteiger partial charge in [0.25, 0.3) is 0 Å². The second-order valence-corrected chi connectivity index (χ2v) is 5.17. The summed E-state index contributed by atoms with van der Waals surface area (Å²) in [4.78, 5) is 18.0. The molecule has 3 rings (SSSR count). The van der Waals surface area contributed by atoms with E-state index in [1.165, 1.54) is 0 Å². The number of hydrogen-bond donors (Lipinski definition) is 1. The summed E-state index contributed by atoms with van der Waals surface area (Å²) in [5.41, 5.74) is 0.741. The zero-order valence-corrected chi connectivity index (χ0v) is 12.6. The fourth-order valence-electron chi connectivity index (χ4n) is 2.28. The molecular weight excluding hydrogens is 284 g/mol. The van der Waals surface area contributed by atoms with E-state index in [1.54, 1.807) is 11.8 Å². The molecule has 1 aliphatic heterocycles. The monoisotopic (exact) mass is 302 g/mol. The van der Waals surface area contributed by atoms with E-state index in [9.17, 15) is 4.79 Å². The van der Waals surface area contributed by atoms with Crippen LogP contribution in [-0.2, 0) is 0 Å². The van der Waals surface area contributed by atoms with E-state index in [-0.39, 0.29) is 11.9 Å². The molecule has 1 fully saturated rings. The van der Waals surface area contributed by atoms with Gasteiger partial charge in [-0.15, -0.1) is 0 Å². The van der Waals surface area contributed by atoms with E-state index in [1.807, 2.05) is 31.2 Å². The van der Waals surface area contributed by atoms with Gasteiger partial charge < -0.3 is 19.5 Å². The Balaban J connectivity index is 1.51. The van der Waals surface area contributed by atoms with Crippen LogP contribution >= 0.6 is 0 Å². The molecule has 0 saturated carbocycles. The van der Waals surface area contributed by atoms with Gasteiger partial charge in [-0.1, -0.05) is 5.16 Å². The molecule has 0 spiro atoms. The number of aryl methyl sites for hydroxylation is 1. The number of likely N-dealkylation sites (tertiary alicyclic amines) is 1. The van der Waals surface area contributed by atoms with Crippen LogP contribution in [0.15, 0.2) is 28.8 Å². The lowest BCUT2D eigenvalue weighted by atomic mass is 10.0. The first-order valence-electron chi connectivity index (χ1n) is 7.24. The third-order valence-electron chi connectivity index (χ3n) is 3.48. The summed E-state index contributed by atoms with van der Waals surface area (Å²) in [6.07, 6.45) is 0. The first-order chi connectivity index (χ1) is 10.7. The van der Waals surface area contributed by atoms with Crippen LogP contribution in [0, 0.1) is 6.92 Å². The highest BCUT2D eigenvalue weighted by molar-refractivity contribution is 5.90. The lowest BCUT2D eigenvalue weighted by Gasteiger charge is -2.36. The van der Waals surface area contributed by atoms with Crippen molar-refractivity contribution in [2.75, 3.05) is 25.0 Å². The maximum atomic E-state index is 12.1. The van der Waals surface area contributed by atoms with E-state index in [0.29, 0.717) is 31.4 Å². The minimum atomic E-state index is -0.128. The Labute approximate surface area is 128 Å². The van der Waals surface area contributed by atoms with Crippen LogP contribution in [0.1, 0.15) is 24.6 Å². The topological polar surface area (TPSA) is 80.5 Å². The number of aromatic nitrogens is 2. The summed E-state index contributed by atoms with van der Waals surface area (Å²) >= 11 is 0. The Morgan fingerprint density at radius 2 is 2.14 bits per heavy atom. The van der Waals surface area contributed by atoms with Crippen LogP contribution in [0.3, 0.4) is 0 Å². The number of ether oxygens (including phenoxy) is 1. The van der Waals surface area contributed by atoms with Gasteiger partial charge in [-0.25, -0.2) is 4.79 Å². The third kappa shape index (κ3) is 3.03. The number of nitrogens with zero attached hydrogens (tertiary/aromatic N) is 3. The summed E-state index contributed by atoms with van der Waals surface area (Å²) in [6, 6.07) is 7.18. The fourth-order valence-corrected chi connectivity index (χ4v) is 2.28. The summed E-state index contributed by atoms with van der Waals surface area (Å²) in [7, 11) is 0. The number of carbonyl (C=O) groups excluding carboxylic acids is 1. The molecular formula is C15H18N4O3. The average molecular weight is 302 g/mol. The molecule has 7 nitrogen and oxygen atoms in total. The van der Waals surface area contributed by atoms with Gasteiger partial charge in [0.15, 0.2) is 5.82 Å². The molecule has 1 N–H and O–H groups in total. The molecule has 0 atom stereocenters. The molecule has 0 aliphatic carbocycles. The number of urea groups is 1. The highest BCUT2D eigenvalue weighted by Crippen LogP contribution is 2.26. The van der Waals surface area contributed by atoms with Crippen LogP contribution in [-0.4, -0.2) is 40.8 Å². The lowest BCUT2D eigenvalue weighted by Crippen LogP contribution is -2.50. The smallest absolute Gasteiger partial charge is 0.321 e. The number of carbonyl (C=O) groups is 1. The summed E-state index contributed by atoms with van der Waals surface area (Å²) in [5, 5.41) is 6.62. The molecule has 2 aromatic rings. The molecule has 1 saturated heterocycles. The molecule has 1 aromatic heterocycles. The van der Waals surface area contributed by atoms with Crippen molar-refractivity contribution in [2.24, 2.45) is 0 Å². The second-order valence-electron chi connectivity index (χ2n) is 5.17. The van der Waals surface area contributed by atoms with Crippen LogP contribution in [0.2, 0.25) is 0 Å². The normalized spacial score (nSPS) is 14.5. The molecule has 1 aliphatic rings. The van der Waals surface area contributed by atoms with Gasteiger partial charge in [-0.2, -0.15) is 4.98 Å². The van der Waals surface area contributed by atoms with Gasteiger partial charge in [0.2, 0.25) is 5.89 Å². The molecule has 22 heavy (non-hydrogen) atoms. The van der Waals surface area contributed by atoms with E-state index < -0.39 is 0 Å². The van der Waals surface area contributed by atoms with E-state index >= 15 is 0 Å². The predicted molar refractivity (Wildman–Crippen MR) is 80.0 cm³/mol. The first kappa shape index (κ1) is 14.4. The predicted octanol–water partition coefficient (Wildman–Crippen LogP) is 2.41. The Hall–Kier alpha value is -2.57. The molecule has 0 unspecified atom stereocenters. The average Bonchev–Trinajstić information content (AvgIpc) is 2.86. The number of hydrogen-bond acceptors (Lipinski definition) is 5. The Morgan fingerprint density at radius 3 is 2.73 bits per heavy atom. The molecule has 7 heteroatoms. The van der Waals surface area contributed by atoms with Crippen molar-refractivity contribution < 1.29 is 14.1 Å². The second kappa shape index (κ2) is 6.05. The van der Waals surface area contributed by atoms with Crippen molar-refractivity contribution in [3.63, 3.8) is 0 Å². The zero-order valence-electron chi connectivity index (χ0n) is 12.6. The van der Waals surface area contributed by atoms with Gasteiger partial charge in [-0.05, 0) is 38.1 Å². The summed E-state index contributed by atoms with van der Waals surface area (Å²) in [6.45, 7) is 5.51. The van der Waals surface area contributed by atoms with Crippen molar-refractivity contribution in [2.45, 2.75) is 19.8 Å². The number of amides is 2. The van der Waals surface area contributed by atoms with Crippen molar-refractivity contribution in [1.82, 2.24) is 15.0 Å². The Bertz CT molecular complexity index is 647. The minimum absolute atomic E-state index is 0.128. The molecule has 0 bridgehead atoms. The lowest BCUT2D eigenvalue weighted by molar-refractivity contribution is 0.147. The van der Waals surface area contributed by atoms with Gasteiger partial charge in [0, 0.05) is 18.8 Å². The molecule has 0 radical (unpaired) electrons. The summed E-state index contributed by atoms with van der Waals surface area (Å²) in [5.74, 6) is 2.14. The van der Waals surface area contributed by atoms with E-state index in [4.69, 9.17) is 9.26 Å². The molecule has 2 amide bonds. The number of rotatable bonds is 4. The van der Waals surface area contributed by atoms with E-state index in [2.05, 4.69) is 15.5 Å². The maximum absolute atomic E-state index is 12.1. The maximum Gasteiger partial charge on any atom is 0.321 e. The Kier molecular flexibility index (Phi) is 3.95. The summed E-state index contributed by atoms with van der Waals surface area (Å²) < 4.78 is 10.5. The molecule has 116 valence electrons. The molecule has 2 heterocycles. The van der Waals surface area contributed by atoms with Gasteiger partial charge >= 0.3 is 6.03 Å². The van der Waals surface area contributed by atoms with Gasteiger partial charge in [0.05, 0.1) is 12.5 Å². The highest BCUT2D eigenvalue weighted by Gasteiger charge is 2.35. The quantitative estimate of drug-likeness (QED) is 0.938. The third-order valence-corrected chi connectivity index (χ3v) is 3.48. The minimum Gasteiger partial charge on any atom is -0.494 e. The number of nitrogens with one attached hydrogen (secondary N) is 1. The number of anilines is 1. The molecule has 1 aromatic carbocycles. The van der Waals surface area contributed by atoms with Crippen LogP contribution in [0.25, 0.3) is 0 Å². The van der Waals surface area contributed by atoms with Crippen molar-refractivity contribution in [3.8, 4) is 5.75 Å². The standard InChI is InChI=1S/C15H18N4O3/c1-3-21-13-6-4-12(5-7-13)17-15(20)19-8-11(9-19)14-16-10(2)18-22-14/h4-7,11H,3,8-9H2,1-2H3,(H,17,20). The van der Waals surface area contributed by atoms with Crippen LogP contribution in [0.4, 0.5) is 10.5 Å². The van der Waals surface area contributed by atoms with Crippen molar-refractivity contribution >= 4 is 11.7 Å². The van der Waals surface area contributed by atoms with Crippen LogP contribution in [0.5, 0.6) is 5.75 Å². The zero-order chi connectivity index (χ0) is 15.5. The van der Waals surface area contributed by atoms with Crippen molar-refractivity contribution in [1.29, 1.82) is 0 Å². The number of benzene rings is 1. The van der Waals surface area contributed by atoms with Gasteiger partial charge in [-0.3, -0.25) is 0 Å². The van der Waals surface area contributed by atoms with Crippen LogP contribution < -0.4 is 10.1 Å². The van der Waals surface area contributed by atoms with Crippen molar-refractivity contribution in [3.05, 3.63) is 36.0 Å². The first-order valence-corrected chi connectivity index (χ1v) is 7.24. The fraction of sp³-hybridized carbons (Fsp3) is 0.400.